The van der Waals surface area contributed by atoms with E-state index >= 15 is 0 Å². The van der Waals surface area contributed by atoms with Crippen LogP contribution in [0.25, 0.3) is 33.8 Å². The standard InChI is InChI=1S/C31H36N4/c1-21(2)16-23(5)8-6-11-28-19-29(33-32-28)26-9-7-10-27(18-26)31-20-30(34-35-31)25-14-12-24(13-15-25)17-22(3)4/h6-10,12-15,18-22H,5,11,16-17H2,1-4H3,(H,32,33)(H,34,35)/b8-6-. The van der Waals surface area contributed by atoms with E-state index in [1.54, 1.807) is 0 Å². The van der Waals surface area contributed by atoms with Crippen LogP contribution in [0.2, 0.25) is 0 Å². The van der Waals surface area contributed by atoms with Crippen LogP contribution in [-0.2, 0) is 12.8 Å². The van der Waals surface area contributed by atoms with E-state index < -0.39 is 0 Å². The van der Waals surface area contributed by atoms with Crippen LogP contribution < -0.4 is 0 Å². The largest absolute Gasteiger partial charge is 0.282 e. The van der Waals surface area contributed by atoms with Gasteiger partial charge in [-0.15, -0.1) is 0 Å². The van der Waals surface area contributed by atoms with Gasteiger partial charge in [0.2, 0.25) is 0 Å². The number of aromatic nitrogens is 4. The van der Waals surface area contributed by atoms with Crippen LogP contribution in [0.15, 0.2) is 85.0 Å². The Balaban J connectivity index is 1.45. The number of aromatic amines is 2. The van der Waals surface area contributed by atoms with Crippen LogP contribution in [0.3, 0.4) is 0 Å². The topological polar surface area (TPSA) is 57.4 Å². The Labute approximate surface area is 209 Å². The normalized spacial score (nSPS) is 11.7. The van der Waals surface area contributed by atoms with Crippen molar-refractivity contribution in [2.45, 2.75) is 47.0 Å². The molecule has 0 unspecified atom stereocenters. The minimum absolute atomic E-state index is 0.624. The maximum Gasteiger partial charge on any atom is 0.0927 e. The average Bonchev–Trinajstić information content (AvgIpc) is 3.49. The maximum atomic E-state index is 4.58. The molecule has 2 heterocycles. The van der Waals surface area contributed by atoms with Gasteiger partial charge < -0.3 is 0 Å². The van der Waals surface area contributed by atoms with Crippen molar-refractivity contribution in [3.63, 3.8) is 0 Å². The smallest absolute Gasteiger partial charge is 0.0927 e. The summed E-state index contributed by atoms with van der Waals surface area (Å²) < 4.78 is 0. The molecule has 0 aliphatic rings. The van der Waals surface area contributed by atoms with E-state index in [2.05, 4.69) is 127 Å². The summed E-state index contributed by atoms with van der Waals surface area (Å²) in [5.74, 6) is 1.28. The molecule has 0 aliphatic carbocycles. The highest BCUT2D eigenvalue weighted by Crippen LogP contribution is 2.28. The van der Waals surface area contributed by atoms with Crippen LogP contribution in [0.1, 0.15) is 45.4 Å². The molecular formula is C31H36N4. The van der Waals surface area contributed by atoms with Crippen LogP contribution in [0.4, 0.5) is 0 Å². The second-order valence-electron chi connectivity index (χ2n) is 10.2. The van der Waals surface area contributed by atoms with Crippen molar-refractivity contribution < 1.29 is 0 Å². The molecule has 0 atom stereocenters. The number of rotatable bonds is 10. The second-order valence-corrected chi connectivity index (χ2v) is 10.2. The summed E-state index contributed by atoms with van der Waals surface area (Å²) in [5, 5.41) is 15.5. The fourth-order valence-electron chi connectivity index (χ4n) is 4.31. The van der Waals surface area contributed by atoms with Gasteiger partial charge >= 0.3 is 0 Å². The number of benzene rings is 2. The molecule has 0 saturated heterocycles. The first-order valence-electron chi connectivity index (χ1n) is 12.5. The first-order valence-corrected chi connectivity index (χ1v) is 12.5. The Morgan fingerprint density at radius 1 is 0.829 bits per heavy atom. The average molecular weight is 465 g/mol. The highest BCUT2D eigenvalue weighted by Gasteiger charge is 2.09. The number of H-pyrrole nitrogens is 2. The summed E-state index contributed by atoms with van der Waals surface area (Å²) in [7, 11) is 0. The van der Waals surface area contributed by atoms with Gasteiger partial charge in [0.1, 0.15) is 0 Å². The first-order chi connectivity index (χ1) is 16.9. The molecule has 4 nitrogen and oxygen atoms in total. The summed E-state index contributed by atoms with van der Waals surface area (Å²) in [6.07, 6.45) is 7.20. The lowest BCUT2D eigenvalue weighted by molar-refractivity contribution is 0.647. The molecule has 0 amide bonds. The Kier molecular flexibility index (Phi) is 7.81. The molecule has 0 spiro atoms. The molecule has 4 aromatic rings. The summed E-state index contributed by atoms with van der Waals surface area (Å²) in [6.45, 7) is 13.0. The summed E-state index contributed by atoms with van der Waals surface area (Å²) in [6, 6.07) is 21.4. The molecular weight excluding hydrogens is 428 g/mol. The summed E-state index contributed by atoms with van der Waals surface area (Å²) >= 11 is 0. The van der Waals surface area contributed by atoms with Crippen LogP contribution in [0.5, 0.6) is 0 Å². The van der Waals surface area contributed by atoms with E-state index in [-0.39, 0.29) is 0 Å². The summed E-state index contributed by atoms with van der Waals surface area (Å²) in [5.41, 5.74) is 9.78. The van der Waals surface area contributed by atoms with Gasteiger partial charge in [-0.3, -0.25) is 10.2 Å². The third-order valence-electron chi connectivity index (χ3n) is 5.93. The number of nitrogens with one attached hydrogen (secondary N) is 2. The van der Waals surface area contributed by atoms with Crippen LogP contribution in [-0.4, -0.2) is 20.4 Å². The molecule has 35 heavy (non-hydrogen) atoms. The van der Waals surface area contributed by atoms with E-state index in [0.717, 1.165) is 64.3 Å². The van der Waals surface area contributed by atoms with Crippen LogP contribution in [0, 0.1) is 11.8 Å². The zero-order valence-electron chi connectivity index (χ0n) is 21.3. The molecule has 0 aliphatic heterocycles. The Morgan fingerprint density at radius 3 is 2.20 bits per heavy atom. The fraction of sp³-hybridized carbons (Fsp3) is 0.290. The zero-order valence-corrected chi connectivity index (χ0v) is 21.3. The minimum atomic E-state index is 0.624. The Bertz CT molecular complexity index is 1290. The molecule has 0 bridgehead atoms. The molecule has 0 saturated carbocycles. The molecule has 2 aromatic heterocycles. The molecule has 4 rings (SSSR count). The van der Waals surface area contributed by atoms with Crippen molar-refractivity contribution >= 4 is 0 Å². The van der Waals surface area contributed by atoms with E-state index in [0.29, 0.717) is 11.8 Å². The van der Waals surface area contributed by atoms with Crippen LogP contribution >= 0.6 is 0 Å². The van der Waals surface area contributed by atoms with Gasteiger partial charge in [0.25, 0.3) is 0 Å². The van der Waals surface area contributed by atoms with Gasteiger partial charge in [-0.05, 0) is 54.0 Å². The lowest BCUT2D eigenvalue weighted by Crippen LogP contribution is -1.93. The van der Waals surface area contributed by atoms with Gasteiger partial charge in [-0.25, -0.2) is 0 Å². The third-order valence-corrected chi connectivity index (χ3v) is 5.93. The van der Waals surface area contributed by atoms with Gasteiger partial charge in [0.05, 0.1) is 17.1 Å². The molecule has 2 aromatic carbocycles. The van der Waals surface area contributed by atoms with E-state index in [1.807, 2.05) is 0 Å². The van der Waals surface area contributed by atoms with Crippen molar-refractivity contribution in [2.24, 2.45) is 11.8 Å². The van der Waals surface area contributed by atoms with E-state index in [4.69, 9.17) is 0 Å². The maximum absolute atomic E-state index is 4.58. The number of nitrogens with zero attached hydrogens (tertiary/aromatic N) is 2. The SMILES string of the molecule is C=C(/C=C\Cc1cc(-c2cccc(-c3cc(-c4ccc(CC(C)C)cc4)[nH]n3)c2)n[nH]1)CC(C)C. The second kappa shape index (κ2) is 11.2. The summed E-state index contributed by atoms with van der Waals surface area (Å²) in [4.78, 5) is 0. The molecule has 0 radical (unpaired) electrons. The lowest BCUT2D eigenvalue weighted by Gasteiger charge is -2.05. The van der Waals surface area contributed by atoms with Crippen molar-refractivity contribution in [2.75, 3.05) is 0 Å². The predicted octanol–water partition coefficient (Wildman–Crippen LogP) is 8.03. The molecule has 180 valence electrons. The Morgan fingerprint density at radius 2 is 1.51 bits per heavy atom. The third kappa shape index (κ3) is 6.69. The van der Waals surface area contributed by atoms with Crippen molar-refractivity contribution in [1.82, 2.24) is 20.4 Å². The number of allylic oxidation sites excluding steroid dienone is 3. The first kappa shape index (κ1) is 24.5. The Hall–Kier alpha value is -3.66. The molecule has 4 heteroatoms. The minimum Gasteiger partial charge on any atom is -0.282 e. The van der Waals surface area contributed by atoms with Gasteiger partial charge in [-0.2, -0.15) is 10.2 Å². The molecule has 0 fully saturated rings. The number of hydrogen-bond acceptors (Lipinski definition) is 2. The highest BCUT2D eigenvalue weighted by molar-refractivity contribution is 5.72. The van der Waals surface area contributed by atoms with Crippen molar-refractivity contribution in [1.29, 1.82) is 0 Å². The van der Waals surface area contributed by atoms with Gasteiger partial charge in [-0.1, -0.05) is 94.5 Å². The predicted molar refractivity (Wildman–Crippen MR) is 147 cm³/mol. The highest BCUT2D eigenvalue weighted by atomic mass is 15.1. The van der Waals surface area contributed by atoms with E-state index in [9.17, 15) is 0 Å². The number of hydrogen-bond donors (Lipinski definition) is 2. The monoisotopic (exact) mass is 464 g/mol. The van der Waals surface area contributed by atoms with Gasteiger partial charge in [0.15, 0.2) is 0 Å². The van der Waals surface area contributed by atoms with Crippen molar-refractivity contribution in [3.05, 3.63) is 96.2 Å². The fourth-order valence-corrected chi connectivity index (χ4v) is 4.31. The quantitative estimate of drug-likeness (QED) is 0.233. The van der Waals surface area contributed by atoms with E-state index in [1.165, 1.54) is 5.56 Å². The van der Waals surface area contributed by atoms with Gasteiger partial charge in [0, 0.05) is 23.2 Å². The lowest BCUT2D eigenvalue weighted by atomic mass is 10.0. The molecule has 2 N–H and O–H groups in total. The zero-order chi connectivity index (χ0) is 24.8. The van der Waals surface area contributed by atoms with Crippen molar-refractivity contribution in [3.8, 4) is 33.8 Å².